The summed E-state index contributed by atoms with van der Waals surface area (Å²) in [6.07, 6.45) is 3.27. The number of amides is 1. The molecule has 0 atom stereocenters. The minimum Gasteiger partial charge on any atom is -0.367 e. The molecule has 150 valence electrons. The molecular formula is C21H23ClN6O. The first-order valence-electron chi connectivity index (χ1n) is 9.53. The highest BCUT2D eigenvalue weighted by molar-refractivity contribution is 6.31. The van der Waals surface area contributed by atoms with Gasteiger partial charge in [-0.2, -0.15) is 5.10 Å². The smallest absolute Gasteiger partial charge is 0.259 e. The molecule has 0 unspecified atom stereocenters. The van der Waals surface area contributed by atoms with Crippen LogP contribution in [0.5, 0.6) is 0 Å². The molecule has 3 heterocycles. The number of likely N-dealkylation sites (N-methyl/N-ethyl adjacent to an activating group) is 1. The fourth-order valence-corrected chi connectivity index (χ4v) is 3.64. The Bertz CT molecular complexity index is 1010. The molecule has 0 aliphatic carbocycles. The van der Waals surface area contributed by atoms with Gasteiger partial charge in [-0.15, -0.1) is 0 Å². The fourth-order valence-electron chi connectivity index (χ4n) is 3.46. The lowest BCUT2D eigenvalue weighted by molar-refractivity contribution is 0.102. The molecule has 1 saturated heterocycles. The zero-order chi connectivity index (χ0) is 20.4. The average Bonchev–Trinajstić information content (AvgIpc) is 3.11. The summed E-state index contributed by atoms with van der Waals surface area (Å²) >= 11 is 6.22. The van der Waals surface area contributed by atoms with Gasteiger partial charge in [0.25, 0.3) is 5.91 Å². The largest absolute Gasteiger partial charge is 0.367 e. The molecule has 1 aliphatic rings. The van der Waals surface area contributed by atoms with E-state index in [1.165, 1.54) is 0 Å². The van der Waals surface area contributed by atoms with Gasteiger partial charge in [-0.05, 0) is 44.3 Å². The number of benzene rings is 1. The molecule has 7 nitrogen and oxygen atoms in total. The van der Waals surface area contributed by atoms with Crippen molar-refractivity contribution in [2.75, 3.05) is 43.4 Å². The van der Waals surface area contributed by atoms with Crippen LogP contribution in [-0.4, -0.2) is 58.8 Å². The lowest BCUT2D eigenvalue weighted by atomic mass is 10.2. The minimum atomic E-state index is -0.220. The highest BCUT2D eigenvalue weighted by atomic mass is 35.5. The third-order valence-corrected chi connectivity index (χ3v) is 5.41. The highest BCUT2D eigenvalue weighted by Crippen LogP contribution is 2.30. The number of carbonyl (C=O) groups is 1. The molecule has 0 radical (unpaired) electrons. The van der Waals surface area contributed by atoms with E-state index in [1.807, 2.05) is 37.3 Å². The Morgan fingerprint density at radius 1 is 1.14 bits per heavy atom. The molecule has 1 fully saturated rings. The molecule has 0 bridgehead atoms. The van der Waals surface area contributed by atoms with Gasteiger partial charge in [0.15, 0.2) is 5.82 Å². The van der Waals surface area contributed by atoms with E-state index in [0.717, 1.165) is 37.6 Å². The number of rotatable bonds is 4. The number of aromatic nitrogens is 3. The van der Waals surface area contributed by atoms with Gasteiger partial charge in [0.2, 0.25) is 0 Å². The van der Waals surface area contributed by atoms with Gasteiger partial charge in [0, 0.05) is 37.4 Å². The molecule has 1 aromatic carbocycles. The summed E-state index contributed by atoms with van der Waals surface area (Å²) in [5.74, 6) is 0.451. The van der Waals surface area contributed by atoms with E-state index in [9.17, 15) is 4.79 Å². The highest BCUT2D eigenvalue weighted by Gasteiger charge is 2.21. The number of hydrogen-bond acceptors (Lipinski definition) is 5. The maximum atomic E-state index is 13.0. The standard InChI is InChI=1S/C21H23ClN6O/c1-15-17(14-24-28(15)20-5-3-4-8-23-20)21(29)25-18-13-16(22)6-7-19(18)27-11-9-26(2)10-12-27/h3-8,13-14H,9-12H2,1-2H3,(H,25,29). The summed E-state index contributed by atoms with van der Waals surface area (Å²) in [6.45, 7) is 5.61. The van der Waals surface area contributed by atoms with E-state index in [4.69, 9.17) is 11.6 Å². The zero-order valence-corrected chi connectivity index (χ0v) is 17.2. The van der Waals surface area contributed by atoms with Crippen molar-refractivity contribution in [3.63, 3.8) is 0 Å². The summed E-state index contributed by atoms with van der Waals surface area (Å²) in [5.41, 5.74) is 2.91. The Morgan fingerprint density at radius 3 is 2.66 bits per heavy atom. The molecule has 0 saturated carbocycles. The molecule has 3 aromatic rings. The normalized spacial score (nSPS) is 14.8. The first kappa shape index (κ1) is 19.4. The Morgan fingerprint density at radius 2 is 1.93 bits per heavy atom. The van der Waals surface area contributed by atoms with Gasteiger partial charge in [-0.1, -0.05) is 17.7 Å². The molecule has 0 spiro atoms. The van der Waals surface area contributed by atoms with Crippen LogP contribution in [0.1, 0.15) is 16.1 Å². The maximum Gasteiger partial charge on any atom is 0.259 e. The van der Waals surface area contributed by atoms with Crippen molar-refractivity contribution in [1.82, 2.24) is 19.7 Å². The van der Waals surface area contributed by atoms with Crippen LogP contribution in [0.3, 0.4) is 0 Å². The molecule has 1 aliphatic heterocycles. The van der Waals surface area contributed by atoms with Gasteiger partial charge in [0.05, 0.1) is 28.8 Å². The molecular weight excluding hydrogens is 388 g/mol. The van der Waals surface area contributed by atoms with Crippen molar-refractivity contribution in [3.8, 4) is 5.82 Å². The van der Waals surface area contributed by atoms with Crippen LogP contribution in [0.25, 0.3) is 5.82 Å². The Hall–Kier alpha value is -2.90. The third-order valence-electron chi connectivity index (χ3n) is 5.17. The number of piperazine rings is 1. The van der Waals surface area contributed by atoms with Crippen molar-refractivity contribution in [3.05, 3.63) is 65.1 Å². The zero-order valence-electron chi connectivity index (χ0n) is 16.5. The molecule has 1 N–H and O–H groups in total. The number of hydrogen-bond donors (Lipinski definition) is 1. The van der Waals surface area contributed by atoms with Gasteiger partial charge >= 0.3 is 0 Å². The van der Waals surface area contributed by atoms with E-state index < -0.39 is 0 Å². The first-order chi connectivity index (χ1) is 14.0. The van der Waals surface area contributed by atoms with Crippen LogP contribution in [0, 0.1) is 6.92 Å². The van der Waals surface area contributed by atoms with Crippen molar-refractivity contribution in [2.24, 2.45) is 0 Å². The number of nitrogens with zero attached hydrogens (tertiary/aromatic N) is 5. The van der Waals surface area contributed by atoms with E-state index >= 15 is 0 Å². The molecule has 8 heteroatoms. The third kappa shape index (κ3) is 4.11. The quantitative estimate of drug-likeness (QED) is 0.715. The van der Waals surface area contributed by atoms with Crippen LogP contribution < -0.4 is 10.2 Å². The lowest BCUT2D eigenvalue weighted by Crippen LogP contribution is -2.44. The second kappa shape index (κ2) is 8.23. The van der Waals surface area contributed by atoms with Crippen LogP contribution in [-0.2, 0) is 0 Å². The molecule has 4 rings (SSSR count). The number of anilines is 2. The second-order valence-corrected chi connectivity index (χ2v) is 7.59. The number of carbonyl (C=O) groups excluding carboxylic acids is 1. The lowest BCUT2D eigenvalue weighted by Gasteiger charge is -2.35. The summed E-state index contributed by atoms with van der Waals surface area (Å²) in [7, 11) is 2.11. The van der Waals surface area contributed by atoms with E-state index in [1.54, 1.807) is 23.1 Å². The van der Waals surface area contributed by atoms with Gasteiger partial charge in [0.1, 0.15) is 0 Å². The Kier molecular flexibility index (Phi) is 5.51. The Balaban J connectivity index is 1.59. The summed E-state index contributed by atoms with van der Waals surface area (Å²) in [6, 6.07) is 11.2. The monoisotopic (exact) mass is 410 g/mol. The van der Waals surface area contributed by atoms with Crippen LogP contribution in [0.15, 0.2) is 48.8 Å². The van der Waals surface area contributed by atoms with Gasteiger partial charge in [-0.3, -0.25) is 4.79 Å². The van der Waals surface area contributed by atoms with Gasteiger partial charge < -0.3 is 15.1 Å². The van der Waals surface area contributed by atoms with E-state index in [-0.39, 0.29) is 5.91 Å². The average molecular weight is 411 g/mol. The summed E-state index contributed by atoms with van der Waals surface area (Å²) in [4.78, 5) is 21.9. The summed E-state index contributed by atoms with van der Waals surface area (Å²) < 4.78 is 1.66. The van der Waals surface area contributed by atoms with Crippen LogP contribution in [0.4, 0.5) is 11.4 Å². The number of halogens is 1. The van der Waals surface area contributed by atoms with E-state index in [0.29, 0.717) is 22.1 Å². The predicted octanol–water partition coefficient (Wildman–Crippen LogP) is 3.23. The van der Waals surface area contributed by atoms with Crippen LogP contribution >= 0.6 is 11.6 Å². The minimum absolute atomic E-state index is 0.220. The predicted molar refractivity (Wildman–Crippen MR) is 115 cm³/mol. The molecule has 1 amide bonds. The van der Waals surface area contributed by atoms with Crippen molar-refractivity contribution < 1.29 is 4.79 Å². The summed E-state index contributed by atoms with van der Waals surface area (Å²) in [5, 5.41) is 7.95. The molecule has 2 aromatic heterocycles. The second-order valence-electron chi connectivity index (χ2n) is 7.15. The van der Waals surface area contributed by atoms with Crippen molar-refractivity contribution in [1.29, 1.82) is 0 Å². The SMILES string of the molecule is Cc1c(C(=O)Nc2cc(Cl)ccc2N2CCN(C)CC2)cnn1-c1ccccn1. The number of pyridine rings is 1. The van der Waals surface area contributed by atoms with Crippen LogP contribution in [0.2, 0.25) is 5.02 Å². The topological polar surface area (TPSA) is 66.3 Å². The molecule has 29 heavy (non-hydrogen) atoms. The first-order valence-corrected chi connectivity index (χ1v) is 9.91. The van der Waals surface area contributed by atoms with Crippen molar-refractivity contribution in [2.45, 2.75) is 6.92 Å². The van der Waals surface area contributed by atoms with E-state index in [2.05, 4.69) is 32.2 Å². The number of nitrogens with one attached hydrogen (secondary N) is 1. The fraction of sp³-hybridized carbons (Fsp3) is 0.286. The maximum absolute atomic E-state index is 13.0. The van der Waals surface area contributed by atoms with Gasteiger partial charge in [-0.25, -0.2) is 9.67 Å². The van der Waals surface area contributed by atoms with Crippen molar-refractivity contribution >= 4 is 28.9 Å². The Labute approximate surface area is 174 Å².